The maximum Gasteiger partial charge on any atom is 0.418 e. The van der Waals surface area contributed by atoms with Crippen LogP contribution in [0.5, 0.6) is 0 Å². The van der Waals surface area contributed by atoms with Gasteiger partial charge < -0.3 is 5.32 Å². The Kier molecular flexibility index (Phi) is 4.87. The summed E-state index contributed by atoms with van der Waals surface area (Å²) in [5, 5.41) is 6.82. The van der Waals surface area contributed by atoms with E-state index in [2.05, 4.69) is 31.3 Å². The van der Waals surface area contributed by atoms with Gasteiger partial charge >= 0.3 is 6.18 Å². The topological polar surface area (TPSA) is 42.7 Å². The number of hydrogen-bond acceptors (Lipinski definition) is 3. The first-order chi connectivity index (χ1) is 9.91. The van der Waals surface area contributed by atoms with Gasteiger partial charge in [0.2, 0.25) is 0 Å². The Bertz CT molecular complexity index is 610. The lowest BCUT2D eigenvalue weighted by molar-refractivity contribution is -0.137. The van der Waals surface area contributed by atoms with Gasteiger partial charge in [0.15, 0.2) is 0 Å². The molecule has 1 aromatic heterocycles. The Morgan fingerprint density at radius 3 is 2.76 bits per heavy atom. The summed E-state index contributed by atoms with van der Waals surface area (Å²) >= 11 is 3.06. The molecule has 1 heterocycles. The molecule has 0 aliphatic rings. The van der Waals surface area contributed by atoms with Crippen molar-refractivity contribution in [3.05, 3.63) is 40.4 Å². The standard InChI is InChI=1S/C13H14BrF3N4/c1-2-5-21-12(19-8-20-21)7-18-11-4-3-9(14)6-10(11)13(15,16)17/h3-4,6,8,18H,2,5,7H2,1H3. The van der Waals surface area contributed by atoms with E-state index < -0.39 is 11.7 Å². The van der Waals surface area contributed by atoms with Gasteiger partial charge in [-0.1, -0.05) is 22.9 Å². The Labute approximate surface area is 128 Å². The molecule has 0 radical (unpaired) electrons. The van der Waals surface area contributed by atoms with Crippen molar-refractivity contribution >= 4 is 21.6 Å². The third kappa shape index (κ3) is 3.96. The highest BCUT2D eigenvalue weighted by Crippen LogP contribution is 2.36. The Balaban J connectivity index is 2.18. The summed E-state index contributed by atoms with van der Waals surface area (Å²) in [6.07, 6.45) is -2.13. The second-order valence-corrected chi connectivity index (χ2v) is 5.36. The lowest BCUT2D eigenvalue weighted by Crippen LogP contribution is -2.14. The second kappa shape index (κ2) is 6.46. The molecule has 2 rings (SSSR count). The smallest absolute Gasteiger partial charge is 0.377 e. The van der Waals surface area contributed by atoms with Gasteiger partial charge in [-0.2, -0.15) is 18.3 Å². The van der Waals surface area contributed by atoms with Crippen molar-refractivity contribution in [2.24, 2.45) is 0 Å². The molecule has 0 saturated carbocycles. The molecule has 0 atom stereocenters. The van der Waals surface area contributed by atoms with Crippen molar-refractivity contribution in [3.8, 4) is 0 Å². The fraction of sp³-hybridized carbons (Fsp3) is 0.385. The van der Waals surface area contributed by atoms with Crippen molar-refractivity contribution < 1.29 is 13.2 Å². The minimum atomic E-state index is -4.41. The average Bonchev–Trinajstić information content (AvgIpc) is 2.84. The molecule has 4 nitrogen and oxygen atoms in total. The molecule has 0 bridgehead atoms. The van der Waals surface area contributed by atoms with Crippen LogP contribution in [0.3, 0.4) is 0 Å². The number of aromatic nitrogens is 3. The number of rotatable bonds is 5. The lowest BCUT2D eigenvalue weighted by Gasteiger charge is -2.15. The molecule has 0 saturated heterocycles. The first-order valence-electron chi connectivity index (χ1n) is 6.39. The summed E-state index contributed by atoms with van der Waals surface area (Å²) in [5.41, 5.74) is -0.685. The predicted molar refractivity (Wildman–Crippen MR) is 76.8 cm³/mol. The molecule has 1 aromatic carbocycles. The third-order valence-corrected chi connectivity index (χ3v) is 3.35. The van der Waals surface area contributed by atoms with Crippen LogP contribution in [0.2, 0.25) is 0 Å². The van der Waals surface area contributed by atoms with E-state index in [-0.39, 0.29) is 12.2 Å². The van der Waals surface area contributed by atoms with Crippen molar-refractivity contribution in [2.75, 3.05) is 5.32 Å². The van der Waals surface area contributed by atoms with Gasteiger partial charge in [0.1, 0.15) is 12.2 Å². The molecule has 0 unspecified atom stereocenters. The number of benzene rings is 1. The number of hydrogen-bond donors (Lipinski definition) is 1. The third-order valence-electron chi connectivity index (χ3n) is 2.86. The van der Waals surface area contributed by atoms with Crippen molar-refractivity contribution in [2.45, 2.75) is 32.6 Å². The number of anilines is 1. The minimum absolute atomic E-state index is 0.0248. The SMILES string of the molecule is CCCn1ncnc1CNc1ccc(Br)cc1C(F)(F)F. The summed E-state index contributed by atoms with van der Waals surface area (Å²) < 4.78 is 41.1. The number of nitrogens with zero attached hydrogens (tertiary/aromatic N) is 3. The molecular formula is C13H14BrF3N4. The van der Waals surface area contributed by atoms with E-state index in [1.165, 1.54) is 12.4 Å². The number of alkyl halides is 3. The van der Waals surface area contributed by atoms with Gasteiger partial charge in [-0.25, -0.2) is 9.67 Å². The van der Waals surface area contributed by atoms with Crippen LogP contribution in [0.15, 0.2) is 29.0 Å². The van der Waals surface area contributed by atoms with E-state index in [0.717, 1.165) is 12.5 Å². The van der Waals surface area contributed by atoms with Gasteiger partial charge in [0, 0.05) is 16.7 Å². The zero-order valence-corrected chi connectivity index (χ0v) is 12.9. The van der Waals surface area contributed by atoms with E-state index in [9.17, 15) is 13.2 Å². The second-order valence-electron chi connectivity index (χ2n) is 4.44. The van der Waals surface area contributed by atoms with Crippen molar-refractivity contribution in [1.82, 2.24) is 14.8 Å². The summed E-state index contributed by atoms with van der Waals surface area (Å²) in [5.74, 6) is 0.605. The van der Waals surface area contributed by atoms with Crippen LogP contribution < -0.4 is 5.32 Å². The fourth-order valence-corrected chi connectivity index (χ4v) is 2.26. The number of aryl methyl sites for hydroxylation is 1. The quantitative estimate of drug-likeness (QED) is 0.871. The maximum atomic E-state index is 13.0. The fourth-order valence-electron chi connectivity index (χ4n) is 1.90. The molecule has 1 N–H and O–H groups in total. The maximum absolute atomic E-state index is 13.0. The van der Waals surface area contributed by atoms with E-state index in [1.807, 2.05) is 6.92 Å². The van der Waals surface area contributed by atoms with Crippen LogP contribution in [-0.4, -0.2) is 14.8 Å². The van der Waals surface area contributed by atoms with E-state index in [4.69, 9.17) is 0 Å². The zero-order valence-electron chi connectivity index (χ0n) is 11.3. The normalized spacial score (nSPS) is 11.7. The van der Waals surface area contributed by atoms with Gasteiger partial charge in [-0.15, -0.1) is 0 Å². The lowest BCUT2D eigenvalue weighted by atomic mass is 10.1. The van der Waals surface area contributed by atoms with Crippen LogP contribution >= 0.6 is 15.9 Å². The highest BCUT2D eigenvalue weighted by Gasteiger charge is 2.33. The first kappa shape index (κ1) is 15.8. The molecule has 0 amide bonds. The highest BCUT2D eigenvalue weighted by atomic mass is 79.9. The van der Waals surface area contributed by atoms with Crippen LogP contribution in [-0.2, 0) is 19.3 Å². The van der Waals surface area contributed by atoms with E-state index in [0.29, 0.717) is 16.8 Å². The van der Waals surface area contributed by atoms with Gasteiger partial charge in [-0.3, -0.25) is 0 Å². The molecule has 0 spiro atoms. The first-order valence-corrected chi connectivity index (χ1v) is 7.18. The molecular weight excluding hydrogens is 349 g/mol. The largest absolute Gasteiger partial charge is 0.418 e. The van der Waals surface area contributed by atoms with Crippen molar-refractivity contribution in [3.63, 3.8) is 0 Å². The molecule has 0 aliphatic heterocycles. The molecule has 114 valence electrons. The summed E-state index contributed by atoms with van der Waals surface area (Å²) in [6.45, 7) is 2.86. The zero-order chi connectivity index (χ0) is 15.5. The van der Waals surface area contributed by atoms with Crippen molar-refractivity contribution in [1.29, 1.82) is 0 Å². The van der Waals surface area contributed by atoms with Crippen LogP contribution in [0.1, 0.15) is 24.7 Å². The van der Waals surface area contributed by atoms with E-state index >= 15 is 0 Å². The Morgan fingerprint density at radius 2 is 2.10 bits per heavy atom. The number of nitrogens with one attached hydrogen (secondary N) is 1. The molecule has 21 heavy (non-hydrogen) atoms. The minimum Gasteiger partial charge on any atom is -0.377 e. The Morgan fingerprint density at radius 1 is 1.33 bits per heavy atom. The average molecular weight is 363 g/mol. The van der Waals surface area contributed by atoms with Crippen LogP contribution in [0, 0.1) is 0 Å². The monoisotopic (exact) mass is 362 g/mol. The van der Waals surface area contributed by atoms with E-state index in [1.54, 1.807) is 10.7 Å². The van der Waals surface area contributed by atoms with Gasteiger partial charge in [0.25, 0.3) is 0 Å². The molecule has 0 fully saturated rings. The predicted octanol–water partition coefficient (Wildman–Crippen LogP) is 4.08. The van der Waals surface area contributed by atoms with Crippen LogP contribution in [0.25, 0.3) is 0 Å². The highest BCUT2D eigenvalue weighted by molar-refractivity contribution is 9.10. The summed E-state index contributed by atoms with van der Waals surface area (Å²) in [7, 11) is 0. The Hall–Kier alpha value is -1.57. The molecule has 8 heteroatoms. The summed E-state index contributed by atoms with van der Waals surface area (Å²) in [4.78, 5) is 4.06. The van der Waals surface area contributed by atoms with Crippen LogP contribution in [0.4, 0.5) is 18.9 Å². The molecule has 2 aromatic rings. The summed E-state index contributed by atoms with van der Waals surface area (Å²) in [6, 6.07) is 4.01. The molecule has 0 aliphatic carbocycles. The number of halogens is 4. The van der Waals surface area contributed by atoms with Gasteiger partial charge in [0.05, 0.1) is 12.1 Å². The van der Waals surface area contributed by atoms with Gasteiger partial charge in [-0.05, 0) is 24.6 Å².